The Balaban J connectivity index is 1.29. The van der Waals surface area contributed by atoms with Crippen molar-refractivity contribution in [2.24, 2.45) is 0 Å². The monoisotopic (exact) mass is 705 g/mol. The predicted molar refractivity (Wildman–Crippen MR) is 198 cm³/mol. The third-order valence-electron chi connectivity index (χ3n) is 7.96. The maximum absolute atomic E-state index is 3.64. The highest BCUT2D eigenvalue weighted by Gasteiger charge is 2.15. The highest BCUT2D eigenvalue weighted by Crippen LogP contribution is 2.39. The molecule has 0 saturated heterocycles. The van der Waals surface area contributed by atoms with E-state index in [2.05, 4.69) is 213 Å². The Morgan fingerprint density at radius 1 is 0.267 bits per heavy atom. The Bertz CT molecular complexity index is 1950. The molecule has 0 atom stereocenters. The van der Waals surface area contributed by atoms with E-state index in [-0.39, 0.29) is 0 Å². The number of anilines is 3. The van der Waals surface area contributed by atoms with Crippen LogP contribution in [0.5, 0.6) is 0 Å². The van der Waals surface area contributed by atoms with Gasteiger partial charge in [0, 0.05) is 26.0 Å². The van der Waals surface area contributed by atoms with Crippen LogP contribution in [0.1, 0.15) is 0 Å². The molecule has 7 aromatic carbocycles. The van der Waals surface area contributed by atoms with Gasteiger partial charge in [0.15, 0.2) is 0 Å². The van der Waals surface area contributed by atoms with Crippen molar-refractivity contribution in [1.82, 2.24) is 0 Å². The molecule has 0 aliphatic carbocycles. The van der Waals surface area contributed by atoms with Crippen LogP contribution in [0.2, 0.25) is 0 Å². The molecule has 1 nitrogen and oxygen atoms in total. The van der Waals surface area contributed by atoms with E-state index in [1.165, 1.54) is 33.4 Å². The van der Waals surface area contributed by atoms with Gasteiger partial charge >= 0.3 is 0 Å². The number of hydrogen-bond acceptors (Lipinski definition) is 1. The van der Waals surface area contributed by atoms with Crippen LogP contribution in [0.3, 0.4) is 0 Å². The number of nitrogens with zero attached hydrogens (tertiary/aromatic N) is 1. The molecule has 0 saturated carbocycles. The van der Waals surface area contributed by atoms with E-state index in [0.29, 0.717) is 0 Å². The zero-order valence-electron chi connectivity index (χ0n) is 24.4. The number of rotatable bonds is 7. The van der Waals surface area contributed by atoms with E-state index < -0.39 is 0 Å². The molecule has 0 aliphatic heterocycles. The van der Waals surface area contributed by atoms with Crippen molar-refractivity contribution >= 4 is 48.9 Å². The van der Waals surface area contributed by atoms with Crippen molar-refractivity contribution in [3.05, 3.63) is 185 Å². The summed E-state index contributed by atoms with van der Waals surface area (Å²) in [5, 5.41) is 0. The van der Waals surface area contributed by atoms with Gasteiger partial charge in [0.05, 0.1) is 0 Å². The fourth-order valence-corrected chi connectivity index (χ4v) is 7.03. The van der Waals surface area contributed by atoms with Gasteiger partial charge in [-0.3, -0.25) is 0 Å². The maximum atomic E-state index is 3.64. The summed E-state index contributed by atoms with van der Waals surface area (Å²) in [7, 11) is 0. The summed E-state index contributed by atoms with van der Waals surface area (Å²) in [4.78, 5) is 2.34. The molecule has 0 bridgehead atoms. The summed E-state index contributed by atoms with van der Waals surface area (Å²) in [6, 6.07) is 62.7. The number of hydrogen-bond donors (Lipinski definition) is 0. The van der Waals surface area contributed by atoms with E-state index >= 15 is 0 Å². The molecule has 7 aromatic rings. The van der Waals surface area contributed by atoms with Gasteiger partial charge in [-0.1, -0.05) is 147 Å². The Morgan fingerprint density at radius 2 is 0.667 bits per heavy atom. The summed E-state index contributed by atoms with van der Waals surface area (Å²) in [6.45, 7) is 0. The van der Waals surface area contributed by atoms with Gasteiger partial charge in [-0.2, -0.15) is 0 Å². The van der Waals surface area contributed by atoms with Crippen molar-refractivity contribution in [3.63, 3.8) is 0 Å². The summed E-state index contributed by atoms with van der Waals surface area (Å²) in [6.07, 6.45) is 0. The first-order valence-electron chi connectivity index (χ1n) is 14.9. The minimum absolute atomic E-state index is 1.05. The van der Waals surface area contributed by atoms with Gasteiger partial charge in [-0.05, 0) is 105 Å². The van der Waals surface area contributed by atoms with Crippen LogP contribution >= 0.6 is 31.9 Å². The molecule has 0 aliphatic rings. The third-order valence-corrected chi connectivity index (χ3v) is 8.88. The first kappa shape index (κ1) is 29.0. The summed E-state index contributed by atoms with van der Waals surface area (Å²) in [5.74, 6) is 0. The summed E-state index contributed by atoms with van der Waals surface area (Å²) < 4.78 is 2.10. The first-order chi connectivity index (χ1) is 22.1. The van der Waals surface area contributed by atoms with Crippen molar-refractivity contribution < 1.29 is 0 Å². The van der Waals surface area contributed by atoms with Crippen molar-refractivity contribution in [1.29, 1.82) is 0 Å². The van der Waals surface area contributed by atoms with E-state index in [4.69, 9.17) is 0 Å². The van der Waals surface area contributed by atoms with Crippen LogP contribution < -0.4 is 4.90 Å². The van der Waals surface area contributed by atoms with Gasteiger partial charge in [-0.25, -0.2) is 0 Å². The summed E-state index contributed by atoms with van der Waals surface area (Å²) in [5.41, 5.74) is 12.8. The Labute approximate surface area is 281 Å². The van der Waals surface area contributed by atoms with E-state index in [9.17, 15) is 0 Å². The zero-order valence-corrected chi connectivity index (χ0v) is 27.6. The van der Waals surface area contributed by atoms with E-state index in [1.807, 2.05) is 0 Å². The third kappa shape index (κ3) is 6.56. The highest BCUT2D eigenvalue weighted by molar-refractivity contribution is 9.11. The Kier molecular flexibility index (Phi) is 8.46. The molecule has 45 heavy (non-hydrogen) atoms. The Hall–Kier alpha value is -4.70. The van der Waals surface area contributed by atoms with Crippen LogP contribution in [0, 0.1) is 0 Å². The molecule has 0 amide bonds. The second-order valence-electron chi connectivity index (χ2n) is 11.0. The van der Waals surface area contributed by atoms with Crippen molar-refractivity contribution in [2.45, 2.75) is 0 Å². The second-order valence-corrected chi connectivity index (χ2v) is 12.8. The number of benzene rings is 7. The van der Waals surface area contributed by atoms with Crippen LogP contribution in [0.15, 0.2) is 185 Å². The lowest BCUT2D eigenvalue weighted by Crippen LogP contribution is -2.10. The molecule has 0 N–H and O–H groups in total. The average Bonchev–Trinajstić information content (AvgIpc) is 3.10. The molecule has 0 fully saturated rings. The van der Waals surface area contributed by atoms with Gasteiger partial charge in [0.1, 0.15) is 0 Å². The van der Waals surface area contributed by atoms with E-state index in [1.54, 1.807) is 0 Å². The largest absolute Gasteiger partial charge is 0.310 e. The Morgan fingerprint density at radius 3 is 1.18 bits per heavy atom. The smallest absolute Gasteiger partial charge is 0.0467 e. The standard InChI is InChI=1S/C42H29Br2N/c43-38-26-37(27-39(44)29-38)35-14-7-13-34(25-35)36-15-8-16-42(28-36)45(40-21-17-32(18-22-40)30-9-3-1-4-10-30)41-23-19-33(20-24-41)31-11-5-2-6-12-31/h1-29H. The van der Waals surface area contributed by atoms with Gasteiger partial charge < -0.3 is 4.90 Å². The topological polar surface area (TPSA) is 3.24 Å². The molecule has 216 valence electrons. The SMILES string of the molecule is Brc1cc(Br)cc(-c2cccc(-c3cccc(N(c4ccc(-c5ccccc5)cc4)c4ccc(-c5ccccc5)cc4)c3)c2)c1. The van der Waals surface area contributed by atoms with Crippen LogP contribution in [0.25, 0.3) is 44.5 Å². The average molecular weight is 708 g/mol. The molecule has 0 unspecified atom stereocenters. The normalized spacial score (nSPS) is 10.9. The molecule has 0 spiro atoms. The zero-order chi connectivity index (χ0) is 30.6. The fourth-order valence-electron chi connectivity index (χ4n) is 5.74. The van der Waals surface area contributed by atoms with Gasteiger partial charge in [0.25, 0.3) is 0 Å². The van der Waals surface area contributed by atoms with Crippen LogP contribution in [0.4, 0.5) is 17.1 Å². The minimum Gasteiger partial charge on any atom is -0.310 e. The predicted octanol–water partition coefficient (Wildman–Crippen LogP) is 13.3. The summed E-state index contributed by atoms with van der Waals surface area (Å²) >= 11 is 7.29. The highest BCUT2D eigenvalue weighted by atomic mass is 79.9. The van der Waals surface area contributed by atoms with Gasteiger partial charge in [-0.15, -0.1) is 0 Å². The maximum Gasteiger partial charge on any atom is 0.0467 e. The lowest BCUT2D eigenvalue weighted by atomic mass is 9.98. The molecular weight excluding hydrogens is 678 g/mol. The fraction of sp³-hybridized carbons (Fsp3) is 0. The molecule has 3 heteroatoms. The second kappa shape index (κ2) is 13.1. The first-order valence-corrected chi connectivity index (χ1v) is 16.5. The lowest BCUT2D eigenvalue weighted by Gasteiger charge is -2.26. The van der Waals surface area contributed by atoms with E-state index in [0.717, 1.165) is 37.1 Å². The molecule has 7 rings (SSSR count). The molecule has 0 heterocycles. The van der Waals surface area contributed by atoms with Crippen molar-refractivity contribution in [2.75, 3.05) is 4.90 Å². The van der Waals surface area contributed by atoms with Gasteiger partial charge in [0.2, 0.25) is 0 Å². The molecular formula is C42H29Br2N. The minimum atomic E-state index is 1.05. The van der Waals surface area contributed by atoms with Crippen LogP contribution in [-0.2, 0) is 0 Å². The van der Waals surface area contributed by atoms with Crippen LogP contribution in [-0.4, -0.2) is 0 Å². The quantitative estimate of drug-likeness (QED) is 0.159. The van der Waals surface area contributed by atoms with Crippen molar-refractivity contribution in [3.8, 4) is 44.5 Å². The molecule has 0 aromatic heterocycles. The lowest BCUT2D eigenvalue weighted by molar-refractivity contribution is 1.28. The number of halogens is 2. The molecule has 0 radical (unpaired) electrons.